The minimum atomic E-state index is -0.610. The van der Waals surface area contributed by atoms with Crippen LogP contribution in [-0.2, 0) is 22.4 Å². The second-order valence-corrected chi connectivity index (χ2v) is 8.00. The molecule has 1 N–H and O–H groups in total. The van der Waals surface area contributed by atoms with Gasteiger partial charge in [-0.2, -0.15) is 0 Å². The summed E-state index contributed by atoms with van der Waals surface area (Å²) in [6.07, 6.45) is 5.31. The molecule has 0 bridgehead atoms. The number of nitrogens with one attached hydrogen (secondary N) is 1. The van der Waals surface area contributed by atoms with E-state index in [1.165, 1.54) is 17.5 Å². The predicted molar refractivity (Wildman–Crippen MR) is 115 cm³/mol. The fourth-order valence-electron chi connectivity index (χ4n) is 4.23. The monoisotopic (exact) mass is 392 g/mol. The van der Waals surface area contributed by atoms with Crippen molar-refractivity contribution in [1.82, 2.24) is 0 Å². The number of aryl methyl sites for hydroxylation is 2. The molecule has 5 heteroatoms. The largest absolute Gasteiger partial charge is 0.481 e. The SMILES string of the molecule is Cc1ccc(NC(=O)[C@@H](C)Oc2cccc3c2CCCC3)cc1N1CCCC1=O. The Morgan fingerprint density at radius 2 is 1.93 bits per heavy atom. The average molecular weight is 392 g/mol. The van der Waals surface area contributed by atoms with E-state index in [9.17, 15) is 9.59 Å². The Hall–Kier alpha value is -2.82. The number of amides is 2. The quantitative estimate of drug-likeness (QED) is 0.820. The van der Waals surface area contributed by atoms with E-state index in [0.29, 0.717) is 12.1 Å². The number of anilines is 2. The van der Waals surface area contributed by atoms with Crippen molar-refractivity contribution in [3.05, 3.63) is 53.1 Å². The van der Waals surface area contributed by atoms with Gasteiger partial charge in [0.05, 0.1) is 0 Å². The minimum Gasteiger partial charge on any atom is -0.481 e. The molecule has 1 fully saturated rings. The molecule has 4 rings (SSSR count). The maximum Gasteiger partial charge on any atom is 0.265 e. The van der Waals surface area contributed by atoms with Gasteiger partial charge in [-0.3, -0.25) is 9.59 Å². The molecule has 1 heterocycles. The van der Waals surface area contributed by atoms with Crippen LogP contribution in [-0.4, -0.2) is 24.5 Å². The number of rotatable bonds is 5. The zero-order chi connectivity index (χ0) is 20.4. The number of fused-ring (bicyclic) bond motifs is 1. The number of carbonyl (C=O) groups is 2. The lowest BCUT2D eigenvalue weighted by molar-refractivity contribution is -0.122. The number of nitrogens with zero attached hydrogens (tertiary/aromatic N) is 1. The molecule has 2 aromatic rings. The highest BCUT2D eigenvalue weighted by Gasteiger charge is 2.24. The number of benzene rings is 2. The maximum absolute atomic E-state index is 12.8. The van der Waals surface area contributed by atoms with Crippen molar-refractivity contribution in [2.24, 2.45) is 0 Å². The van der Waals surface area contributed by atoms with Crippen molar-refractivity contribution in [1.29, 1.82) is 0 Å². The van der Waals surface area contributed by atoms with Crippen molar-refractivity contribution < 1.29 is 14.3 Å². The Bertz CT molecular complexity index is 938. The second kappa shape index (κ2) is 8.27. The first kappa shape index (κ1) is 19.5. The molecular formula is C24H28N2O3. The van der Waals surface area contributed by atoms with E-state index in [-0.39, 0.29) is 11.8 Å². The number of ether oxygens (including phenoxy) is 1. The highest BCUT2D eigenvalue weighted by molar-refractivity contribution is 5.98. The predicted octanol–water partition coefficient (Wildman–Crippen LogP) is 4.41. The van der Waals surface area contributed by atoms with Crippen LogP contribution in [0.5, 0.6) is 5.75 Å². The summed E-state index contributed by atoms with van der Waals surface area (Å²) < 4.78 is 6.04. The molecule has 0 radical (unpaired) electrons. The van der Waals surface area contributed by atoms with Crippen molar-refractivity contribution >= 4 is 23.2 Å². The van der Waals surface area contributed by atoms with Gasteiger partial charge in [0.1, 0.15) is 5.75 Å². The Labute approximate surface area is 172 Å². The molecule has 1 saturated heterocycles. The van der Waals surface area contributed by atoms with Gasteiger partial charge in [0.25, 0.3) is 5.91 Å². The average Bonchev–Trinajstić information content (AvgIpc) is 3.15. The van der Waals surface area contributed by atoms with Crippen molar-refractivity contribution in [3.63, 3.8) is 0 Å². The maximum atomic E-state index is 12.8. The Morgan fingerprint density at radius 3 is 2.72 bits per heavy atom. The summed E-state index contributed by atoms with van der Waals surface area (Å²) in [7, 11) is 0. The number of hydrogen-bond donors (Lipinski definition) is 1. The van der Waals surface area contributed by atoms with Crippen LogP contribution in [0.3, 0.4) is 0 Å². The molecule has 2 aromatic carbocycles. The zero-order valence-electron chi connectivity index (χ0n) is 17.2. The summed E-state index contributed by atoms with van der Waals surface area (Å²) in [4.78, 5) is 26.7. The van der Waals surface area contributed by atoms with Crippen molar-refractivity contribution in [2.75, 3.05) is 16.8 Å². The van der Waals surface area contributed by atoms with Crippen molar-refractivity contribution in [3.8, 4) is 5.75 Å². The van der Waals surface area contributed by atoms with Crippen LogP contribution in [0.1, 0.15) is 49.3 Å². The van der Waals surface area contributed by atoms with Gasteiger partial charge in [0, 0.05) is 24.3 Å². The Balaban J connectivity index is 1.46. The molecule has 152 valence electrons. The third-order valence-corrected chi connectivity index (χ3v) is 5.87. The van der Waals surface area contributed by atoms with Gasteiger partial charge in [0.15, 0.2) is 6.10 Å². The molecular weight excluding hydrogens is 364 g/mol. The molecule has 0 saturated carbocycles. The molecule has 2 amide bonds. The minimum absolute atomic E-state index is 0.141. The smallest absolute Gasteiger partial charge is 0.265 e. The number of hydrogen-bond acceptors (Lipinski definition) is 3. The Kier molecular flexibility index (Phi) is 5.56. The molecule has 2 aliphatic rings. The van der Waals surface area contributed by atoms with E-state index in [1.54, 1.807) is 11.8 Å². The summed E-state index contributed by atoms with van der Waals surface area (Å²) in [6, 6.07) is 11.8. The highest BCUT2D eigenvalue weighted by atomic mass is 16.5. The van der Waals surface area contributed by atoms with Crippen molar-refractivity contribution in [2.45, 2.75) is 58.5 Å². The molecule has 0 spiro atoms. The Morgan fingerprint density at radius 1 is 1.10 bits per heavy atom. The first-order valence-corrected chi connectivity index (χ1v) is 10.5. The summed E-state index contributed by atoms with van der Waals surface area (Å²) in [6.45, 7) is 4.49. The zero-order valence-corrected chi connectivity index (χ0v) is 17.2. The van der Waals surface area contributed by atoms with Gasteiger partial charge < -0.3 is 15.0 Å². The lowest BCUT2D eigenvalue weighted by atomic mass is 9.91. The molecule has 1 aliphatic heterocycles. The van der Waals surface area contributed by atoms with E-state index < -0.39 is 6.10 Å². The molecule has 1 atom stereocenters. The first-order valence-electron chi connectivity index (χ1n) is 10.5. The first-order chi connectivity index (χ1) is 14.0. The van der Waals surface area contributed by atoms with Crippen LogP contribution in [0.15, 0.2) is 36.4 Å². The third-order valence-electron chi connectivity index (χ3n) is 5.87. The van der Waals surface area contributed by atoms with Gasteiger partial charge in [-0.05, 0) is 80.8 Å². The fourth-order valence-corrected chi connectivity index (χ4v) is 4.23. The standard InChI is InChI=1S/C24H28N2O3/c1-16-12-13-19(15-21(16)26-14-6-11-23(26)27)25-24(28)17(2)29-22-10-5-8-18-7-3-4-9-20(18)22/h5,8,10,12-13,15,17H,3-4,6-7,9,11,14H2,1-2H3,(H,25,28)/t17-/m1/s1. The summed E-state index contributed by atoms with van der Waals surface area (Å²) in [5, 5.41) is 2.95. The third kappa shape index (κ3) is 4.14. The number of carbonyl (C=O) groups excluding carboxylic acids is 2. The van der Waals surface area contributed by atoms with E-state index >= 15 is 0 Å². The molecule has 0 aromatic heterocycles. The normalized spacial score (nSPS) is 17.0. The van der Waals surface area contributed by atoms with Crippen LogP contribution in [0.2, 0.25) is 0 Å². The molecule has 1 aliphatic carbocycles. The van der Waals surface area contributed by atoms with Crippen LogP contribution < -0.4 is 15.0 Å². The van der Waals surface area contributed by atoms with Crippen LogP contribution >= 0.6 is 0 Å². The van der Waals surface area contributed by atoms with Gasteiger partial charge in [-0.25, -0.2) is 0 Å². The molecule has 0 unspecified atom stereocenters. The van der Waals surface area contributed by atoms with Crippen LogP contribution in [0.25, 0.3) is 0 Å². The lowest BCUT2D eigenvalue weighted by Crippen LogP contribution is -2.31. The van der Waals surface area contributed by atoms with Gasteiger partial charge in [-0.1, -0.05) is 18.2 Å². The van der Waals surface area contributed by atoms with E-state index in [1.807, 2.05) is 37.3 Å². The highest BCUT2D eigenvalue weighted by Crippen LogP contribution is 2.31. The van der Waals surface area contributed by atoms with E-state index in [4.69, 9.17) is 4.74 Å². The lowest BCUT2D eigenvalue weighted by Gasteiger charge is -2.22. The van der Waals surface area contributed by atoms with Gasteiger partial charge >= 0.3 is 0 Å². The van der Waals surface area contributed by atoms with Gasteiger partial charge in [0.2, 0.25) is 5.91 Å². The topological polar surface area (TPSA) is 58.6 Å². The van der Waals surface area contributed by atoms with E-state index in [2.05, 4.69) is 11.4 Å². The molecule has 29 heavy (non-hydrogen) atoms. The summed E-state index contributed by atoms with van der Waals surface area (Å²) in [5.74, 6) is 0.764. The summed E-state index contributed by atoms with van der Waals surface area (Å²) >= 11 is 0. The summed E-state index contributed by atoms with van der Waals surface area (Å²) in [5.41, 5.74) is 5.15. The second-order valence-electron chi connectivity index (χ2n) is 8.00. The van der Waals surface area contributed by atoms with Crippen LogP contribution in [0, 0.1) is 6.92 Å². The van der Waals surface area contributed by atoms with Gasteiger partial charge in [-0.15, -0.1) is 0 Å². The van der Waals surface area contributed by atoms with Crippen LogP contribution in [0.4, 0.5) is 11.4 Å². The fraction of sp³-hybridized carbons (Fsp3) is 0.417. The molecule has 5 nitrogen and oxygen atoms in total. The van der Waals surface area contributed by atoms with E-state index in [0.717, 1.165) is 49.2 Å².